The summed E-state index contributed by atoms with van der Waals surface area (Å²) in [6.07, 6.45) is 4.27. The van der Waals surface area contributed by atoms with Crippen LogP contribution >= 0.6 is 11.6 Å². The Labute approximate surface area is 85.8 Å². The molecule has 2 aliphatic rings. The molecule has 1 nitrogen and oxygen atoms in total. The third-order valence-corrected chi connectivity index (χ3v) is 3.84. The second-order valence-corrected chi connectivity index (χ2v) is 5.98. The third kappa shape index (κ3) is 1.87. The van der Waals surface area contributed by atoms with Gasteiger partial charge in [0.25, 0.3) is 0 Å². The zero-order valence-corrected chi connectivity index (χ0v) is 9.47. The van der Waals surface area contributed by atoms with Gasteiger partial charge in [-0.05, 0) is 51.9 Å². The highest BCUT2D eigenvalue weighted by atomic mass is 35.5. The maximum atomic E-state index is 6.36. The number of ether oxygens (including phenoxy) is 1. The topological polar surface area (TPSA) is 9.23 Å². The van der Waals surface area contributed by atoms with Gasteiger partial charge in [0, 0.05) is 0 Å². The molecule has 0 aromatic heterocycles. The summed E-state index contributed by atoms with van der Waals surface area (Å²) < 4.78 is 6.01. The fourth-order valence-electron chi connectivity index (χ4n) is 2.74. The highest BCUT2D eigenvalue weighted by Gasteiger charge is 2.48. The fourth-order valence-corrected chi connectivity index (χ4v) is 3.22. The standard InChI is InChI=1S/C11H19ClO/c1-11(2,3)13-10-8-5-4-7(6-8)9(10)12/h7-10H,4-6H2,1-3H3/t7-,8+,9-,10-/m1/s1. The van der Waals surface area contributed by atoms with Gasteiger partial charge in [0.1, 0.15) is 0 Å². The summed E-state index contributed by atoms with van der Waals surface area (Å²) in [6, 6.07) is 0. The van der Waals surface area contributed by atoms with Gasteiger partial charge in [-0.25, -0.2) is 0 Å². The highest BCUT2D eigenvalue weighted by Crippen LogP contribution is 2.49. The molecule has 0 spiro atoms. The molecule has 0 heterocycles. The first-order valence-corrected chi connectivity index (χ1v) is 5.73. The Morgan fingerprint density at radius 2 is 1.77 bits per heavy atom. The van der Waals surface area contributed by atoms with Crippen LogP contribution in [0.15, 0.2) is 0 Å². The lowest BCUT2D eigenvalue weighted by atomic mass is 9.96. The Hall–Kier alpha value is 0.250. The lowest BCUT2D eigenvalue weighted by molar-refractivity contribution is -0.0796. The minimum absolute atomic E-state index is 0.0394. The van der Waals surface area contributed by atoms with E-state index in [4.69, 9.17) is 16.3 Å². The van der Waals surface area contributed by atoms with Gasteiger partial charge in [0.15, 0.2) is 0 Å². The molecule has 4 atom stereocenters. The van der Waals surface area contributed by atoms with E-state index in [1.54, 1.807) is 0 Å². The maximum Gasteiger partial charge on any atom is 0.0776 e. The molecule has 2 fully saturated rings. The van der Waals surface area contributed by atoms with Crippen LogP contribution in [0.25, 0.3) is 0 Å². The first-order valence-electron chi connectivity index (χ1n) is 5.29. The molecule has 2 bridgehead atoms. The van der Waals surface area contributed by atoms with E-state index >= 15 is 0 Å². The first-order chi connectivity index (χ1) is 5.97. The van der Waals surface area contributed by atoms with Crippen LogP contribution in [0.3, 0.4) is 0 Å². The van der Waals surface area contributed by atoms with Gasteiger partial charge in [0.2, 0.25) is 0 Å². The molecule has 0 saturated heterocycles. The molecular weight excluding hydrogens is 184 g/mol. The first kappa shape index (κ1) is 9.79. The van der Waals surface area contributed by atoms with E-state index < -0.39 is 0 Å². The lowest BCUT2D eigenvalue weighted by Gasteiger charge is -2.33. The molecule has 76 valence electrons. The van der Waals surface area contributed by atoms with E-state index in [-0.39, 0.29) is 11.0 Å². The van der Waals surface area contributed by atoms with Crippen molar-refractivity contribution in [3.63, 3.8) is 0 Å². The monoisotopic (exact) mass is 202 g/mol. The van der Waals surface area contributed by atoms with Crippen molar-refractivity contribution in [3.05, 3.63) is 0 Å². The molecule has 0 N–H and O–H groups in total. The van der Waals surface area contributed by atoms with Crippen molar-refractivity contribution in [1.29, 1.82) is 0 Å². The molecule has 0 aliphatic heterocycles. The third-order valence-electron chi connectivity index (χ3n) is 3.23. The number of rotatable bonds is 1. The van der Waals surface area contributed by atoms with Gasteiger partial charge in [-0.2, -0.15) is 0 Å². The average molecular weight is 203 g/mol. The van der Waals surface area contributed by atoms with E-state index in [1.165, 1.54) is 19.3 Å². The predicted octanol–water partition coefficient (Wildman–Crippen LogP) is 3.21. The van der Waals surface area contributed by atoms with Gasteiger partial charge in [-0.15, -0.1) is 11.6 Å². The molecule has 2 heteroatoms. The van der Waals surface area contributed by atoms with Gasteiger partial charge in [-0.3, -0.25) is 0 Å². The quantitative estimate of drug-likeness (QED) is 0.594. The Morgan fingerprint density at radius 1 is 1.15 bits per heavy atom. The van der Waals surface area contributed by atoms with Crippen LogP contribution in [0, 0.1) is 11.8 Å². The molecule has 0 radical (unpaired) electrons. The number of hydrogen-bond acceptors (Lipinski definition) is 1. The molecular formula is C11H19ClO. The van der Waals surface area contributed by atoms with Crippen molar-refractivity contribution in [2.45, 2.75) is 57.1 Å². The summed E-state index contributed by atoms with van der Waals surface area (Å²) in [7, 11) is 0. The van der Waals surface area contributed by atoms with Crippen molar-refractivity contribution in [2.75, 3.05) is 0 Å². The zero-order chi connectivity index (χ0) is 9.64. The zero-order valence-electron chi connectivity index (χ0n) is 8.72. The summed E-state index contributed by atoms with van der Waals surface area (Å²) in [4.78, 5) is 0. The Balaban J connectivity index is 2.00. The Kier molecular flexibility index (Phi) is 2.36. The van der Waals surface area contributed by atoms with Crippen LogP contribution in [0.4, 0.5) is 0 Å². The number of fused-ring (bicyclic) bond motifs is 2. The van der Waals surface area contributed by atoms with E-state index in [1.807, 2.05) is 0 Å². The van der Waals surface area contributed by atoms with Crippen molar-refractivity contribution < 1.29 is 4.74 Å². The number of hydrogen-bond donors (Lipinski definition) is 0. The van der Waals surface area contributed by atoms with Crippen LogP contribution in [-0.4, -0.2) is 17.1 Å². The molecule has 13 heavy (non-hydrogen) atoms. The van der Waals surface area contributed by atoms with Crippen LogP contribution in [0.5, 0.6) is 0 Å². The second kappa shape index (κ2) is 3.13. The average Bonchev–Trinajstić information content (AvgIpc) is 2.51. The minimum atomic E-state index is -0.0394. The summed E-state index contributed by atoms with van der Waals surface area (Å²) in [6.45, 7) is 6.34. The molecule has 0 unspecified atom stereocenters. The van der Waals surface area contributed by atoms with Crippen LogP contribution in [-0.2, 0) is 4.74 Å². The largest absolute Gasteiger partial charge is 0.371 e. The van der Waals surface area contributed by atoms with Crippen molar-refractivity contribution in [2.24, 2.45) is 11.8 Å². The van der Waals surface area contributed by atoms with Crippen molar-refractivity contribution in [1.82, 2.24) is 0 Å². The van der Waals surface area contributed by atoms with Crippen LogP contribution in [0.2, 0.25) is 0 Å². The Morgan fingerprint density at radius 3 is 2.23 bits per heavy atom. The van der Waals surface area contributed by atoms with E-state index in [9.17, 15) is 0 Å². The maximum absolute atomic E-state index is 6.36. The molecule has 2 saturated carbocycles. The predicted molar refractivity (Wildman–Crippen MR) is 55.1 cm³/mol. The summed E-state index contributed by atoms with van der Waals surface area (Å²) in [5.41, 5.74) is -0.0394. The van der Waals surface area contributed by atoms with Gasteiger partial charge in [-0.1, -0.05) is 0 Å². The smallest absolute Gasteiger partial charge is 0.0776 e. The van der Waals surface area contributed by atoms with Crippen molar-refractivity contribution in [3.8, 4) is 0 Å². The lowest BCUT2D eigenvalue weighted by Crippen LogP contribution is -2.37. The highest BCUT2D eigenvalue weighted by molar-refractivity contribution is 6.21. The van der Waals surface area contributed by atoms with Gasteiger partial charge in [0.05, 0.1) is 17.1 Å². The number of alkyl halides is 1. The summed E-state index contributed by atoms with van der Waals surface area (Å²) >= 11 is 6.36. The summed E-state index contributed by atoms with van der Waals surface area (Å²) in [5.74, 6) is 1.48. The van der Waals surface area contributed by atoms with Crippen LogP contribution < -0.4 is 0 Å². The van der Waals surface area contributed by atoms with Gasteiger partial charge >= 0.3 is 0 Å². The number of halogens is 1. The Bertz CT molecular complexity index is 195. The molecule has 2 aliphatic carbocycles. The SMILES string of the molecule is CC(C)(C)O[C@@H]1[C@H]2CC[C@H](C2)[C@H]1Cl. The van der Waals surface area contributed by atoms with Crippen molar-refractivity contribution >= 4 is 11.6 Å². The molecule has 0 aromatic carbocycles. The van der Waals surface area contributed by atoms with Crippen LogP contribution in [0.1, 0.15) is 40.0 Å². The summed E-state index contributed by atoms with van der Waals surface area (Å²) in [5, 5.41) is 0.276. The van der Waals surface area contributed by atoms with E-state index in [2.05, 4.69) is 20.8 Å². The van der Waals surface area contributed by atoms with Gasteiger partial charge < -0.3 is 4.74 Å². The molecule has 0 amide bonds. The fraction of sp³-hybridized carbons (Fsp3) is 1.00. The molecule has 0 aromatic rings. The second-order valence-electron chi connectivity index (χ2n) is 5.47. The normalized spacial score (nSPS) is 44.3. The minimum Gasteiger partial charge on any atom is -0.371 e. The molecule has 2 rings (SSSR count). The van der Waals surface area contributed by atoms with E-state index in [0.29, 0.717) is 6.10 Å². The van der Waals surface area contributed by atoms with E-state index in [0.717, 1.165) is 11.8 Å².